The quantitative estimate of drug-likeness (QED) is 0.418. The van der Waals surface area contributed by atoms with Crippen LogP contribution >= 0.6 is 0 Å². The maximum Gasteiger partial charge on any atom is 0.338 e. The minimum absolute atomic E-state index is 0.0781. The van der Waals surface area contributed by atoms with Gasteiger partial charge in [-0.15, -0.1) is 0 Å². The van der Waals surface area contributed by atoms with Crippen LogP contribution in [0.3, 0.4) is 0 Å². The summed E-state index contributed by atoms with van der Waals surface area (Å²) in [7, 11) is 0. The number of esters is 1. The van der Waals surface area contributed by atoms with Gasteiger partial charge in [-0.05, 0) is 68.9 Å². The number of carbonyl (C=O) groups is 2. The lowest BCUT2D eigenvalue weighted by atomic mass is 9.97. The fraction of sp³-hybridized carbons (Fsp3) is 0.481. The number of rotatable bonds is 12. The molecule has 31 heavy (non-hydrogen) atoms. The maximum atomic E-state index is 12.9. The Morgan fingerprint density at radius 1 is 0.903 bits per heavy atom. The number of hydrogen-bond acceptors (Lipinski definition) is 3. The highest BCUT2D eigenvalue weighted by Crippen LogP contribution is 2.16. The molecule has 0 spiro atoms. The first-order valence-corrected chi connectivity index (χ1v) is 11.5. The summed E-state index contributed by atoms with van der Waals surface area (Å²) in [4.78, 5) is 25.2. The standard InChI is InChI=1S/C27H37NO3/c1-5-7-11-21-15-17-23(18-16-21)26(30)31-20-19-27(3,4)28-25(29)24-14-10-9-13-22(24)12-8-6-2/h9-10,13-18H,5-8,11-12,19-20H2,1-4H3,(H,28,29). The zero-order chi connectivity index (χ0) is 22.7. The molecule has 0 saturated heterocycles. The number of ether oxygens (including phenoxy) is 1. The molecule has 2 aromatic carbocycles. The van der Waals surface area contributed by atoms with E-state index in [-0.39, 0.29) is 18.5 Å². The smallest absolute Gasteiger partial charge is 0.338 e. The second-order valence-electron chi connectivity index (χ2n) is 8.79. The topological polar surface area (TPSA) is 55.4 Å². The third-order valence-electron chi connectivity index (χ3n) is 5.48. The zero-order valence-electron chi connectivity index (χ0n) is 19.5. The fourth-order valence-corrected chi connectivity index (χ4v) is 3.43. The summed E-state index contributed by atoms with van der Waals surface area (Å²) in [5, 5.41) is 3.10. The van der Waals surface area contributed by atoms with E-state index in [1.165, 1.54) is 5.56 Å². The van der Waals surface area contributed by atoms with Gasteiger partial charge in [0.1, 0.15) is 0 Å². The van der Waals surface area contributed by atoms with Crippen molar-refractivity contribution in [3.8, 4) is 0 Å². The van der Waals surface area contributed by atoms with E-state index < -0.39 is 5.54 Å². The summed E-state index contributed by atoms with van der Waals surface area (Å²) in [5.41, 5.74) is 3.11. The van der Waals surface area contributed by atoms with Gasteiger partial charge in [-0.2, -0.15) is 0 Å². The lowest BCUT2D eigenvalue weighted by Crippen LogP contribution is -2.44. The molecule has 2 aromatic rings. The molecule has 0 fully saturated rings. The molecule has 0 unspecified atom stereocenters. The highest BCUT2D eigenvalue weighted by molar-refractivity contribution is 5.96. The summed E-state index contributed by atoms with van der Waals surface area (Å²) in [6.07, 6.45) is 6.92. The van der Waals surface area contributed by atoms with E-state index in [0.717, 1.165) is 49.7 Å². The van der Waals surface area contributed by atoms with Gasteiger partial charge in [0.05, 0.1) is 12.2 Å². The molecule has 0 saturated carbocycles. The Kier molecular flexibility index (Phi) is 9.77. The Morgan fingerprint density at radius 3 is 2.23 bits per heavy atom. The van der Waals surface area contributed by atoms with Gasteiger partial charge >= 0.3 is 5.97 Å². The third-order valence-corrected chi connectivity index (χ3v) is 5.48. The van der Waals surface area contributed by atoms with Crippen LogP contribution in [0.1, 0.15) is 91.6 Å². The van der Waals surface area contributed by atoms with Crippen LogP contribution < -0.4 is 5.32 Å². The first-order chi connectivity index (χ1) is 14.9. The molecule has 4 nitrogen and oxygen atoms in total. The highest BCUT2D eigenvalue weighted by atomic mass is 16.5. The van der Waals surface area contributed by atoms with Gasteiger partial charge in [0.25, 0.3) is 5.91 Å². The molecular weight excluding hydrogens is 386 g/mol. The van der Waals surface area contributed by atoms with E-state index in [0.29, 0.717) is 12.0 Å². The van der Waals surface area contributed by atoms with Crippen molar-refractivity contribution in [1.29, 1.82) is 0 Å². The molecule has 0 radical (unpaired) electrons. The fourth-order valence-electron chi connectivity index (χ4n) is 3.43. The van der Waals surface area contributed by atoms with E-state index in [4.69, 9.17) is 4.74 Å². The maximum absolute atomic E-state index is 12.9. The predicted molar refractivity (Wildman–Crippen MR) is 127 cm³/mol. The monoisotopic (exact) mass is 423 g/mol. The molecule has 1 amide bonds. The Balaban J connectivity index is 1.86. The molecular formula is C27H37NO3. The van der Waals surface area contributed by atoms with Crippen molar-refractivity contribution in [2.45, 2.75) is 78.2 Å². The van der Waals surface area contributed by atoms with E-state index in [9.17, 15) is 9.59 Å². The summed E-state index contributed by atoms with van der Waals surface area (Å²) in [6, 6.07) is 15.4. The molecule has 1 N–H and O–H groups in total. The lowest BCUT2D eigenvalue weighted by molar-refractivity contribution is 0.0472. The molecule has 0 aliphatic carbocycles. The van der Waals surface area contributed by atoms with Gasteiger partial charge in [-0.3, -0.25) is 4.79 Å². The second-order valence-corrected chi connectivity index (χ2v) is 8.79. The molecule has 0 heterocycles. The normalized spacial score (nSPS) is 11.2. The summed E-state index contributed by atoms with van der Waals surface area (Å²) in [5.74, 6) is -0.403. The number of nitrogens with one attached hydrogen (secondary N) is 1. The van der Waals surface area contributed by atoms with Crippen molar-refractivity contribution in [2.75, 3.05) is 6.61 Å². The molecule has 0 bridgehead atoms. The molecule has 168 valence electrons. The number of hydrogen-bond donors (Lipinski definition) is 1. The SMILES string of the molecule is CCCCc1ccc(C(=O)OCCC(C)(C)NC(=O)c2ccccc2CCCC)cc1. The van der Waals surface area contributed by atoms with Crippen LogP contribution in [0.2, 0.25) is 0 Å². The van der Waals surface area contributed by atoms with E-state index in [1.807, 2.05) is 62.4 Å². The van der Waals surface area contributed by atoms with Gasteiger partial charge < -0.3 is 10.1 Å². The predicted octanol–water partition coefficient (Wildman–Crippen LogP) is 6.13. The van der Waals surface area contributed by atoms with Crippen molar-refractivity contribution in [3.05, 3.63) is 70.8 Å². The average molecular weight is 424 g/mol. The second kappa shape index (κ2) is 12.3. The van der Waals surface area contributed by atoms with Crippen molar-refractivity contribution in [2.24, 2.45) is 0 Å². The average Bonchev–Trinajstić information content (AvgIpc) is 2.76. The third kappa shape index (κ3) is 8.20. The first-order valence-electron chi connectivity index (χ1n) is 11.5. The number of carbonyl (C=O) groups excluding carboxylic acids is 2. The van der Waals surface area contributed by atoms with E-state index in [2.05, 4.69) is 19.2 Å². The van der Waals surface area contributed by atoms with Crippen molar-refractivity contribution < 1.29 is 14.3 Å². The van der Waals surface area contributed by atoms with Crippen LogP contribution in [0.15, 0.2) is 48.5 Å². The molecule has 0 aromatic heterocycles. The molecule has 0 aliphatic rings. The van der Waals surface area contributed by atoms with Gasteiger partial charge in [0.15, 0.2) is 0 Å². The number of unbranched alkanes of at least 4 members (excludes halogenated alkanes) is 2. The lowest BCUT2D eigenvalue weighted by Gasteiger charge is -2.26. The van der Waals surface area contributed by atoms with Crippen LogP contribution in [0, 0.1) is 0 Å². The Labute approximate surface area is 187 Å². The van der Waals surface area contributed by atoms with Crippen molar-refractivity contribution in [1.82, 2.24) is 5.32 Å². The Hall–Kier alpha value is -2.62. The zero-order valence-corrected chi connectivity index (χ0v) is 19.5. The Morgan fingerprint density at radius 2 is 1.55 bits per heavy atom. The summed E-state index contributed by atoms with van der Waals surface area (Å²) in [6.45, 7) is 8.47. The molecule has 4 heteroatoms. The van der Waals surface area contributed by atoms with Crippen molar-refractivity contribution in [3.63, 3.8) is 0 Å². The largest absolute Gasteiger partial charge is 0.462 e. The first kappa shape index (κ1) is 24.6. The van der Waals surface area contributed by atoms with Crippen LogP contribution in [-0.2, 0) is 17.6 Å². The highest BCUT2D eigenvalue weighted by Gasteiger charge is 2.23. The minimum atomic E-state index is -0.487. The Bertz CT molecular complexity index is 840. The van der Waals surface area contributed by atoms with Gasteiger partial charge in [-0.25, -0.2) is 4.79 Å². The van der Waals surface area contributed by atoms with Gasteiger partial charge in [0, 0.05) is 17.5 Å². The van der Waals surface area contributed by atoms with Crippen LogP contribution in [-0.4, -0.2) is 24.0 Å². The molecule has 2 rings (SSSR count). The van der Waals surface area contributed by atoms with Crippen LogP contribution in [0.25, 0.3) is 0 Å². The van der Waals surface area contributed by atoms with Crippen LogP contribution in [0.5, 0.6) is 0 Å². The summed E-state index contributed by atoms with van der Waals surface area (Å²) >= 11 is 0. The number of aryl methyl sites for hydroxylation is 2. The van der Waals surface area contributed by atoms with Crippen LogP contribution in [0.4, 0.5) is 0 Å². The van der Waals surface area contributed by atoms with Gasteiger partial charge in [-0.1, -0.05) is 57.0 Å². The summed E-state index contributed by atoms with van der Waals surface area (Å²) < 4.78 is 5.46. The molecule has 0 aliphatic heterocycles. The van der Waals surface area contributed by atoms with E-state index in [1.54, 1.807) is 0 Å². The van der Waals surface area contributed by atoms with E-state index >= 15 is 0 Å². The number of amides is 1. The van der Waals surface area contributed by atoms with Crippen molar-refractivity contribution >= 4 is 11.9 Å². The van der Waals surface area contributed by atoms with Gasteiger partial charge in [0.2, 0.25) is 0 Å². The minimum Gasteiger partial charge on any atom is -0.462 e. The molecule has 0 atom stereocenters. The number of benzene rings is 2.